The van der Waals surface area contributed by atoms with Crippen LogP contribution >= 0.6 is 0 Å². The lowest BCUT2D eigenvalue weighted by Gasteiger charge is -2.35. The quantitative estimate of drug-likeness (QED) is 0.773. The fourth-order valence-corrected chi connectivity index (χ4v) is 3.39. The number of benzene rings is 2. The van der Waals surface area contributed by atoms with Gasteiger partial charge in [0.25, 0.3) is 0 Å². The van der Waals surface area contributed by atoms with Crippen LogP contribution in [-0.4, -0.2) is 29.5 Å². The number of nitrogens with one attached hydrogen (secondary N) is 1. The summed E-state index contributed by atoms with van der Waals surface area (Å²) in [4.78, 5) is 6.74. The van der Waals surface area contributed by atoms with Crippen molar-refractivity contribution >= 4 is 0 Å². The molecular formula is C21H22FN3O. The highest BCUT2D eigenvalue weighted by Crippen LogP contribution is 2.26. The summed E-state index contributed by atoms with van der Waals surface area (Å²) in [6.07, 6.45) is 1.78. The van der Waals surface area contributed by atoms with Gasteiger partial charge in [0.2, 0.25) is 5.89 Å². The van der Waals surface area contributed by atoms with Gasteiger partial charge in [-0.3, -0.25) is 4.90 Å². The Morgan fingerprint density at radius 2 is 2.08 bits per heavy atom. The van der Waals surface area contributed by atoms with Crippen molar-refractivity contribution in [2.24, 2.45) is 0 Å². The number of aromatic nitrogens is 1. The Labute approximate surface area is 152 Å². The number of aryl methyl sites for hydroxylation is 1. The number of halogens is 1. The molecule has 1 atom stereocenters. The minimum absolute atomic E-state index is 0.106. The Bertz CT molecular complexity index is 875. The van der Waals surface area contributed by atoms with Gasteiger partial charge in [0.05, 0.1) is 12.7 Å². The molecule has 0 bridgehead atoms. The van der Waals surface area contributed by atoms with E-state index >= 15 is 0 Å². The lowest BCUT2D eigenvalue weighted by atomic mass is 10.0. The van der Waals surface area contributed by atoms with Gasteiger partial charge in [-0.2, -0.15) is 0 Å². The molecule has 26 heavy (non-hydrogen) atoms. The van der Waals surface area contributed by atoms with Gasteiger partial charge in [-0.25, -0.2) is 9.37 Å². The minimum Gasteiger partial charge on any atom is -0.439 e. The average Bonchev–Trinajstić information content (AvgIpc) is 3.11. The Morgan fingerprint density at radius 3 is 2.88 bits per heavy atom. The topological polar surface area (TPSA) is 41.3 Å². The first kappa shape index (κ1) is 16.9. The molecule has 1 N–H and O–H groups in total. The van der Waals surface area contributed by atoms with Crippen molar-refractivity contribution in [1.82, 2.24) is 15.2 Å². The van der Waals surface area contributed by atoms with Crippen LogP contribution in [0.1, 0.15) is 23.1 Å². The van der Waals surface area contributed by atoms with Gasteiger partial charge in [0.1, 0.15) is 5.82 Å². The predicted molar refractivity (Wildman–Crippen MR) is 99.1 cm³/mol. The maximum absolute atomic E-state index is 13.6. The standard InChI is InChI=1S/C21H22FN3O/c1-15-5-7-16(8-6-15)20-13-24-21(26-20)14-25-10-9-23-12-19(25)17-3-2-4-18(22)11-17/h2-8,11,13,19,23H,9-10,12,14H2,1H3. The number of piperazine rings is 1. The highest BCUT2D eigenvalue weighted by Gasteiger charge is 2.25. The zero-order chi connectivity index (χ0) is 17.9. The first-order chi connectivity index (χ1) is 12.7. The predicted octanol–water partition coefficient (Wildman–Crippen LogP) is 3.94. The third-order valence-electron chi connectivity index (χ3n) is 4.82. The number of rotatable bonds is 4. The van der Waals surface area contributed by atoms with Crippen LogP contribution < -0.4 is 5.32 Å². The second-order valence-electron chi connectivity index (χ2n) is 6.73. The molecule has 134 valence electrons. The molecule has 5 heteroatoms. The SMILES string of the molecule is Cc1ccc(-c2cnc(CN3CCNCC3c3cccc(F)c3)o2)cc1. The van der Waals surface area contributed by atoms with Gasteiger partial charge in [-0.15, -0.1) is 0 Å². The Balaban J connectivity index is 1.52. The van der Waals surface area contributed by atoms with Crippen molar-refractivity contribution in [3.8, 4) is 11.3 Å². The smallest absolute Gasteiger partial charge is 0.209 e. The molecule has 4 rings (SSSR count). The summed E-state index contributed by atoms with van der Waals surface area (Å²) in [5, 5.41) is 3.39. The molecule has 0 spiro atoms. The molecule has 1 aliphatic heterocycles. The normalized spacial score (nSPS) is 18.2. The summed E-state index contributed by atoms with van der Waals surface area (Å²) < 4.78 is 19.6. The van der Waals surface area contributed by atoms with E-state index in [1.54, 1.807) is 18.3 Å². The summed E-state index contributed by atoms with van der Waals surface area (Å²) >= 11 is 0. The molecule has 1 aliphatic rings. The van der Waals surface area contributed by atoms with Crippen molar-refractivity contribution in [1.29, 1.82) is 0 Å². The van der Waals surface area contributed by atoms with E-state index in [0.717, 1.165) is 36.5 Å². The highest BCUT2D eigenvalue weighted by molar-refractivity contribution is 5.56. The third kappa shape index (κ3) is 3.69. The van der Waals surface area contributed by atoms with Crippen LogP contribution in [0.15, 0.2) is 59.1 Å². The molecule has 4 nitrogen and oxygen atoms in total. The van der Waals surface area contributed by atoms with E-state index in [9.17, 15) is 4.39 Å². The van der Waals surface area contributed by atoms with E-state index in [0.29, 0.717) is 12.4 Å². The highest BCUT2D eigenvalue weighted by atomic mass is 19.1. The Hall–Kier alpha value is -2.50. The summed E-state index contributed by atoms with van der Waals surface area (Å²) in [7, 11) is 0. The van der Waals surface area contributed by atoms with E-state index in [4.69, 9.17) is 4.42 Å². The van der Waals surface area contributed by atoms with E-state index in [2.05, 4.69) is 34.3 Å². The van der Waals surface area contributed by atoms with Gasteiger partial charge in [-0.05, 0) is 24.6 Å². The van der Waals surface area contributed by atoms with E-state index < -0.39 is 0 Å². The summed E-state index contributed by atoms with van der Waals surface area (Å²) in [6.45, 7) is 5.22. The molecule has 1 aromatic heterocycles. The van der Waals surface area contributed by atoms with Crippen LogP contribution in [0.3, 0.4) is 0 Å². The molecule has 0 radical (unpaired) electrons. The summed E-state index contributed by atoms with van der Waals surface area (Å²) in [6, 6.07) is 15.1. The fourth-order valence-electron chi connectivity index (χ4n) is 3.39. The van der Waals surface area contributed by atoms with Crippen LogP contribution in [-0.2, 0) is 6.54 Å². The molecule has 0 aliphatic carbocycles. The first-order valence-corrected chi connectivity index (χ1v) is 8.91. The number of nitrogens with zero attached hydrogens (tertiary/aromatic N) is 2. The molecule has 1 saturated heterocycles. The van der Waals surface area contributed by atoms with Gasteiger partial charge in [-0.1, -0.05) is 42.0 Å². The monoisotopic (exact) mass is 351 g/mol. The molecule has 2 heterocycles. The van der Waals surface area contributed by atoms with Crippen molar-refractivity contribution in [2.45, 2.75) is 19.5 Å². The van der Waals surface area contributed by atoms with Crippen LogP contribution in [0.25, 0.3) is 11.3 Å². The Kier molecular flexibility index (Phi) is 4.82. The second kappa shape index (κ2) is 7.40. The summed E-state index contributed by atoms with van der Waals surface area (Å²) in [5.41, 5.74) is 3.21. The van der Waals surface area contributed by atoms with Crippen molar-refractivity contribution in [2.75, 3.05) is 19.6 Å². The Morgan fingerprint density at radius 1 is 1.23 bits per heavy atom. The molecule has 1 unspecified atom stereocenters. The fraction of sp³-hybridized carbons (Fsp3) is 0.286. The zero-order valence-electron chi connectivity index (χ0n) is 14.8. The molecule has 0 amide bonds. The average molecular weight is 351 g/mol. The molecule has 1 fully saturated rings. The van der Waals surface area contributed by atoms with Crippen LogP contribution in [0.2, 0.25) is 0 Å². The number of oxazole rings is 1. The molecule has 3 aromatic rings. The third-order valence-corrected chi connectivity index (χ3v) is 4.82. The molecule has 2 aromatic carbocycles. The maximum Gasteiger partial charge on any atom is 0.209 e. The van der Waals surface area contributed by atoms with Crippen molar-refractivity contribution < 1.29 is 8.81 Å². The minimum atomic E-state index is -0.203. The van der Waals surface area contributed by atoms with Crippen LogP contribution in [0, 0.1) is 12.7 Å². The number of hydrogen-bond donors (Lipinski definition) is 1. The summed E-state index contributed by atoms with van der Waals surface area (Å²) in [5.74, 6) is 1.26. The van der Waals surface area contributed by atoms with E-state index in [1.807, 2.05) is 18.2 Å². The van der Waals surface area contributed by atoms with E-state index in [-0.39, 0.29) is 11.9 Å². The van der Waals surface area contributed by atoms with Gasteiger partial charge < -0.3 is 9.73 Å². The van der Waals surface area contributed by atoms with Crippen LogP contribution in [0.5, 0.6) is 0 Å². The van der Waals surface area contributed by atoms with Crippen molar-refractivity contribution in [3.63, 3.8) is 0 Å². The largest absolute Gasteiger partial charge is 0.439 e. The maximum atomic E-state index is 13.6. The second-order valence-corrected chi connectivity index (χ2v) is 6.73. The lowest BCUT2D eigenvalue weighted by molar-refractivity contribution is 0.140. The zero-order valence-corrected chi connectivity index (χ0v) is 14.8. The number of hydrogen-bond acceptors (Lipinski definition) is 4. The van der Waals surface area contributed by atoms with Gasteiger partial charge in [0, 0.05) is 31.2 Å². The van der Waals surface area contributed by atoms with Crippen LogP contribution in [0.4, 0.5) is 4.39 Å². The molecular weight excluding hydrogens is 329 g/mol. The molecule has 0 saturated carbocycles. The van der Waals surface area contributed by atoms with Crippen molar-refractivity contribution in [3.05, 3.63) is 77.6 Å². The lowest BCUT2D eigenvalue weighted by Crippen LogP contribution is -2.45. The van der Waals surface area contributed by atoms with Gasteiger partial charge >= 0.3 is 0 Å². The first-order valence-electron chi connectivity index (χ1n) is 8.91. The van der Waals surface area contributed by atoms with E-state index in [1.165, 1.54) is 11.6 Å². The van der Waals surface area contributed by atoms with Gasteiger partial charge in [0.15, 0.2) is 5.76 Å².